The van der Waals surface area contributed by atoms with Gasteiger partial charge in [0.1, 0.15) is 0 Å². The quantitative estimate of drug-likeness (QED) is 0.670. The van der Waals surface area contributed by atoms with E-state index in [9.17, 15) is 4.79 Å². The molecule has 2 N–H and O–H groups in total. The Morgan fingerprint density at radius 2 is 2.25 bits per heavy atom. The van der Waals surface area contributed by atoms with Crippen molar-refractivity contribution in [1.29, 1.82) is 0 Å². The Labute approximate surface area is 98.8 Å². The predicted molar refractivity (Wildman–Crippen MR) is 66.4 cm³/mol. The maximum Gasteiger partial charge on any atom is 0.223 e. The minimum atomic E-state index is 0.218. The summed E-state index contributed by atoms with van der Waals surface area (Å²) in [5, 5.41) is 6.40. The molecule has 0 aromatic heterocycles. The molecule has 1 aliphatic rings. The molecule has 0 unspecified atom stereocenters. The highest BCUT2D eigenvalue weighted by Crippen LogP contribution is 2.15. The molecule has 4 nitrogen and oxygen atoms in total. The van der Waals surface area contributed by atoms with Gasteiger partial charge >= 0.3 is 0 Å². The van der Waals surface area contributed by atoms with Gasteiger partial charge < -0.3 is 15.5 Å². The molecule has 16 heavy (non-hydrogen) atoms. The number of carbonyl (C=O) groups excluding carboxylic acids is 1. The zero-order chi connectivity index (χ0) is 12.0. The fraction of sp³-hybridized carbons (Fsp3) is 0.917. The molecule has 0 radical (unpaired) electrons. The molecular formula is C12H25N3O. The molecule has 0 saturated carbocycles. The molecule has 94 valence electrons. The average Bonchev–Trinajstić information content (AvgIpc) is 2.24. The summed E-state index contributed by atoms with van der Waals surface area (Å²) in [5.74, 6) is 0.461. The van der Waals surface area contributed by atoms with E-state index in [0.29, 0.717) is 6.04 Å². The molecule has 1 amide bonds. The molecular weight excluding hydrogens is 202 g/mol. The van der Waals surface area contributed by atoms with Gasteiger partial charge in [-0.1, -0.05) is 0 Å². The highest BCUT2D eigenvalue weighted by molar-refractivity contribution is 5.78. The lowest BCUT2D eigenvalue weighted by Crippen LogP contribution is -2.42. The van der Waals surface area contributed by atoms with E-state index in [0.717, 1.165) is 38.9 Å². The van der Waals surface area contributed by atoms with Gasteiger partial charge in [-0.15, -0.1) is 0 Å². The van der Waals surface area contributed by atoms with Crippen molar-refractivity contribution in [3.63, 3.8) is 0 Å². The van der Waals surface area contributed by atoms with E-state index in [1.54, 1.807) is 0 Å². The van der Waals surface area contributed by atoms with Gasteiger partial charge in [-0.05, 0) is 53.4 Å². The number of hydrogen-bond acceptors (Lipinski definition) is 3. The van der Waals surface area contributed by atoms with Crippen LogP contribution in [0.3, 0.4) is 0 Å². The SMILES string of the molecule is C[C@H]1C[C@@H](C(=O)NCCCN(C)C)CCN1. The van der Waals surface area contributed by atoms with Gasteiger partial charge in [-0.3, -0.25) is 4.79 Å². The predicted octanol–water partition coefficient (Wildman–Crippen LogP) is 0.442. The van der Waals surface area contributed by atoms with E-state index < -0.39 is 0 Å². The summed E-state index contributed by atoms with van der Waals surface area (Å²) >= 11 is 0. The molecule has 1 saturated heterocycles. The monoisotopic (exact) mass is 227 g/mol. The van der Waals surface area contributed by atoms with Gasteiger partial charge in [-0.2, -0.15) is 0 Å². The zero-order valence-corrected chi connectivity index (χ0v) is 10.8. The fourth-order valence-electron chi connectivity index (χ4n) is 2.12. The van der Waals surface area contributed by atoms with E-state index in [2.05, 4.69) is 36.6 Å². The Hall–Kier alpha value is -0.610. The Kier molecular flexibility index (Phi) is 5.77. The summed E-state index contributed by atoms with van der Waals surface area (Å²) in [5.41, 5.74) is 0. The minimum absolute atomic E-state index is 0.218. The summed E-state index contributed by atoms with van der Waals surface area (Å²) in [6.07, 6.45) is 2.97. The summed E-state index contributed by atoms with van der Waals surface area (Å²) in [7, 11) is 4.10. The molecule has 2 atom stereocenters. The van der Waals surface area contributed by atoms with Crippen LogP contribution in [0, 0.1) is 5.92 Å². The molecule has 0 aromatic rings. The van der Waals surface area contributed by atoms with E-state index in [4.69, 9.17) is 0 Å². The van der Waals surface area contributed by atoms with Gasteiger partial charge in [0.05, 0.1) is 0 Å². The second-order valence-electron chi connectivity index (χ2n) is 5.02. The van der Waals surface area contributed by atoms with Crippen molar-refractivity contribution in [2.24, 2.45) is 5.92 Å². The van der Waals surface area contributed by atoms with Gasteiger partial charge in [0.15, 0.2) is 0 Å². The van der Waals surface area contributed by atoms with Gasteiger partial charge in [0.25, 0.3) is 0 Å². The second-order valence-corrected chi connectivity index (χ2v) is 5.02. The van der Waals surface area contributed by atoms with Crippen LogP contribution in [0.1, 0.15) is 26.2 Å². The number of nitrogens with zero attached hydrogens (tertiary/aromatic N) is 1. The second kappa shape index (κ2) is 6.86. The topological polar surface area (TPSA) is 44.4 Å². The van der Waals surface area contributed by atoms with E-state index in [1.165, 1.54) is 0 Å². The lowest BCUT2D eigenvalue weighted by atomic mass is 9.92. The average molecular weight is 227 g/mol. The highest BCUT2D eigenvalue weighted by atomic mass is 16.1. The van der Waals surface area contributed by atoms with Crippen molar-refractivity contribution in [1.82, 2.24) is 15.5 Å². The summed E-state index contributed by atoms with van der Waals surface area (Å²) in [6.45, 7) is 4.95. The first-order chi connectivity index (χ1) is 7.59. The first-order valence-corrected chi connectivity index (χ1v) is 6.25. The van der Waals surface area contributed by atoms with Crippen LogP contribution in [0.2, 0.25) is 0 Å². The number of hydrogen-bond donors (Lipinski definition) is 2. The van der Waals surface area contributed by atoms with Crippen LogP contribution >= 0.6 is 0 Å². The Balaban J connectivity index is 2.14. The van der Waals surface area contributed by atoms with Gasteiger partial charge in [0, 0.05) is 18.5 Å². The van der Waals surface area contributed by atoms with E-state index in [-0.39, 0.29) is 11.8 Å². The molecule has 0 aliphatic carbocycles. The van der Waals surface area contributed by atoms with Crippen molar-refractivity contribution in [2.75, 3.05) is 33.7 Å². The van der Waals surface area contributed by atoms with Crippen LogP contribution in [-0.2, 0) is 4.79 Å². The minimum Gasteiger partial charge on any atom is -0.356 e. The standard InChI is InChI=1S/C12H25N3O/c1-10-9-11(5-7-13-10)12(16)14-6-4-8-15(2)3/h10-11,13H,4-9H2,1-3H3,(H,14,16)/t10-,11-/m0/s1. The highest BCUT2D eigenvalue weighted by Gasteiger charge is 2.23. The van der Waals surface area contributed by atoms with Crippen molar-refractivity contribution in [2.45, 2.75) is 32.2 Å². The number of nitrogens with one attached hydrogen (secondary N) is 2. The molecule has 0 bridgehead atoms. The van der Waals surface area contributed by atoms with Gasteiger partial charge in [0.2, 0.25) is 5.91 Å². The van der Waals surface area contributed by atoms with Crippen molar-refractivity contribution in [3.8, 4) is 0 Å². The van der Waals surface area contributed by atoms with Crippen molar-refractivity contribution < 1.29 is 4.79 Å². The van der Waals surface area contributed by atoms with Gasteiger partial charge in [-0.25, -0.2) is 0 Å². The van der Waals surface area contributed by atoms with Crippen molar-refractivity contribution >= 4 is 5.91 Å². The molecule has 1 heterocycles. The third-order valence-corrected chi connectivity index (χ3v) is 3.08. The van der Waals surface area contributed by atoms with Crippen LogP contribution in [0.4, 0.5) is 0 Å². The first kappa shape index (κ1) is 13.5. The molecule has 1 fully saturated rings. The Morgan fingerprint density at radius 1 is 1.50 bits per heavy atom. The Morgan fingerprint density at radius 3 is 2.88 bits per heavy atom. The van der Waals surface area contributed by atoms with E-state index >= 15 is 0 Å². The normalized spacial score (nSPS) is 25.8. The third-order valence-electron chi connectivity index (χ3n) is 3.08. The lowest BCUT2D eigenvalue weighted by molar-refractivity contribution is -0.126. The molecule has 4 heteroatoms. The largest absolute Gasteiger partial charge is 0.356 e. The number of piperidine rings is 1. The smallest absolute Gasteiger partial charge is 0.223 e. The van der Waals surface area contributed by atoms with Crippen LogP contribution in [0.25, 0.3) is 0 Å². The number of carbonyl (C=O) groups is 1. The van der Waals surface area contributed by atoms with E-state index in [1.807, 2.05) is 0 Å². The molecule has 1 rings (SSSR count). The summed E-state index contributed by atoms with van der Waals surface area (Å²) in [6, 6.07) is 0.478. The molecule has 0 aromatic carbocycles. The fourth-order valence-corrected chi connectivity index (χ4v) is 2.12. The number of rotatable bonds is 5. The summed E-state index contributed by atoms with van der Waals surface area (Å²) < 4.78 is 0. The lowest BCUT2D eigenvalue weighted by Gasteiger charge is -2.27. The maximum atomic E-state index is 11.8. The van der Waals surface area contributed by atoms with Crippen molar-refractivity contribution in [3.05, 3.63) is 0 Å². The Bertz CT molecular complexity index is 218. The maximum absolute atomic E-state index is 11.8. The van der Waals surface area contributed by atoms with Crippen LogP contribution < -0.4 is 10.6 Å². The van der Waals surface area contributed by atoms with Crippen LogP contribution in [0.5, 0.6) is 0 Å². The zero-order valence-electron chi connectivity index (χ0n) is 10.8. The number of amides is 1. The molecule has 0 spiro atoms. The third kappa shape index (κ3) is 4.94. The summed E-state index contributed by atoms with van der Waals surface area (Å²) in [4.78, 5) is 14.0. The van der Waals surface area contributed by atoms with Crippen LogP contribution in [0.15, 0.2) is 0 Å². The molecule has 1 aliphatic heterocycles. The first-order valence-electron chi connectivity index (χ1n) is 6.25. The van der Waals surface area contributed by atoms with Crippen LogP contribution in [-0.4, -0.2) is 50.6 Å².